The normalized spacial score (nSPS) is 31.8. The first-order chi connectivity index (χ1) is 4.27. The Morgan fingerprint density at radius 2 is 2.44 bits per heavy atom. The molecule has 1 nitrogen and oxygen atoms in total. The molecule has 2 N–H and O–H groups in total. The second kappa shape index (κ2) is 2.41. The molecular weight excluding hydrogens is 110 g/mol. The van der Waals surface area contributed by atoms with Crippen molar-refractivity contribution in [2.45, 2.75) is 26.2 Å². The lowest BCUT2D eigenvalue weighted by molar-refractivity contribution is 0.404. The zero-order valence-corrected chi connectivity index (χ0v) is 5.91. The Balaban J connectivity index is 2.46. The molecule has 0 spiro atoms. The molecule has 1 heteroatoms. The molecule has 0 saturated carbocycles. The lowest BCUT2D eigenvalue weighted by atomic mass is 9.87. The zero-order chi connectivity index (χ0) is 6.74. The standard InChI is InChI=1S/C8H13N/c1-8(6-7-9)4-2-3-5-8/h2,4,6-7,9H2,1H3. The quantitative estimate of drug-likeness (QED) is 0.547. The van der Waals surface area contributed by atoms with Gasteiger partial charge in [-0.15, -0.1) is 5.92 Å². The van der Waals surface area contributed by atoms with Crippen LogP contribution in [0.4, 0.5) is 0 Å². The number of rotatable bonds is 2. The highest BCUT2D eigenvalue weighted by Crippen LogP contribution is 2.29. The van der Waals surface area contributed by atoms with Crippen molar-refractivity contribution in [3.05, 3.63) is 0 Å². The summed E-state index contributed by atoms with van der Waals surface area (Å²) in [6, 6.07) is 0. The van der Waals surface area contributed by atoms with E-state index in [1.165, 1.54) is 6.42 Å². The summed E-state index contributed by atoms with van der Waals surface area (Å²) in [5.41, 5.74) is 5.68. The van der Waals surface area contributed by atoms with Crippen LogP contribution in [0, 0.1) is 17.3 Å². The van der Waals surface area contributed by atoms with Crippen molar-refractivity contribution in [1.82, 2.24) is 0 Å². The van der Waals surface area contributed by atoms with Crippen molar-refractivity contribution in [3.8, 4) is 11.8 Å². The van der Waals surface area contributed by atoms with Gasteiger partial charge in [-0.25, -0.2) is 0 Å². The van der Waals surface area contributed by atoms with Gasteiger partial charge >= 0.3 is 0 Å². The minimum atomic E-state index is 0.259. The van der Waals surface area contributed by atoms with Crippen molar-refractivity contribution in [1.29, 1.82) is 0 Å². The first kappa shape index (κ1) is 6.64. The Kier molecular flexibility index (Phi) is 1.78. The summed E-state index contributed by atoms with van der Waals surface area (Å²) in [7, 11) is 0. The van der Waals surface area contributed by atoms with Crippen LogP contribution in [-0.2, 0) is 0 Å². The largest absolute Gasteiger partial charge is 0.330 e. The maximum atomic E-state index is 5.43. The third-order valence-corrected chi connectivity index (χ3v) is 1.89. The Morgan fingerprint density at radius 3 is 2.89 bits per heavy atom. The van der Waals surface area contributed by atoms with Gasteiger partial charge in [-0.1, -0.05) is 5.92 Å². The molecule has 1 rings (SSSR count). The third-order valence-electron chi connectivity index (χ3n) is 1.89. The Bertz CT molecular complexity index is 152. The van der Waals surface area contributed by atoms with Gasteiger partial charge in [-0.3, -0.25) is 0 Å². The summed E-state index contributed by atoms with van der Waals surface area (Å²) in [4.78, 5) is 0. The first-order valence-corrected chi connectivity index (χ1v) is 3.47. The van der Waals surface area contributed by atoms with Gasteiger partial charge in [0.2, 0.25) is 0 Å². The Morgan fingerprint density at radius 1 is 1.67 bits per heavy atom. The van der Waals surface area contributed by atoms with Gasteiger partial charge in [0.15, 0.2) is 0 Å². The van der Waals surface area contributed by atoms with Gasteiger partial charge in [0, 0.05) is 11.8 Å². The fourth-order valence-electron chi connectivity index (χ4n) is 1.18. The molecule has 1 atom stereocenters. The van der Waals surface area contributed by atoms with Crippen LogP contribution in [0.15, 0.2) is 0 Å². The van der Waals surface area contributed by atoms with Crippen molar-refractivity contribution < 1.29 is 0 Å². The van der Waals surface area contributed by atoms with Gasteiger partial charge in [-0.2, -0.15) is 0 Å². The van der Waals surface area contributed by atoms with E-state index in [1.807, 2.05) is 0 Å². The van der Waals surface area contributed by atoms with Crippen molar-refractivity contribution in [2.75, 3.05) is 6.54 Å². The maximum Gasteiger partial charge on any atom is 0.0307 e. The zero-order valence-electron chi connectivity index (χ0n) is 5.91. The van der Waals surface area contributed by atoms with Crippen LogP contribution in [-0.4, -0.2) is 6.54 Å². The van der Waals surface area contributed by atoms with Gasteiger partial charge in [0.05, 0.1) is 0 Å². The topological polar surface area (TPSA) is 26.0 Å². The molecule has 0 amide bonds. The van der Waals surface area contributed by atoms with E-state index in [0.717, 1.165) is 19.4 Å². The molecule has 0 aromatic heterocycles. The molecule has 0 radical (unpaired) electrons. The first-order valence-electron chi connectivity index (χ1n) is 3.47. The SMILES string of the molecule is CC1(CCN)C#CCC1. The molecule has 0 aromatic carbocycles. The summed E-state index contributed by atoms with van der Waals surface area (Å²) in [5.74, 6) is 6.30. The van der Waals surface area contributed by atoms with Crippen LogP contribution in [0.25, 0.3) is 0 Å². The number of hydrogen-bond donors (Lipinski definition) is 1. The summed E-state index contributed by atoms with van der Waals surface area (Å²) < 4.78 is 0. The summed E-state index contributed by atoms with van der Waals surface area (Å²) in [6.45, 7) is 2.96. The van der Waals surface area contributed by atoms with Crippen LogP contribution in [0.5, 0.6) is 0 Å². The van der Waals surface area contributed by atoms with Gasteiger partial charge in [0.25, 0.3) is 0 Å². The van der Waals surface area contributed by atoms with E-state index >= 15 is 0 Å². The van der Waals surface area contributed by atoms with Crippen LogP contribution >= 0.6 is 0 Å². The predicted octanol–water partition coefficient (Wildman–Crippen LogP) is 1.14. The highest BCUT2D eigenvalue weighted by molar-refractivity contribution is 5.16. The van der Waals surface area contributed by atoms with Crippen LogP contribution < -0.4 is 5.73 Å². The molecule has 0 saturated heterocycles. The molecule has 9 heavy (non-hydrogen) atoms. The maximum absolute atomic E-state index is 5.43. The fourth-order valence-corrected chi connectivity index (χ4v) is 1.18. The highest BCUT2D eigenvalue weighted by Gasteiger charge is 2.22. The molecule has 0 aromatic rings. The smallest absolute Gasteiger partial charge is 0.0307 e. The second-order valence-electron chi connectivity index (χ2n) is 2.90. The second-order valence-corrected chi connectivity index (χ2v) is 2.90. The number of hydrogen-bond acceptors (Lipinski definition) is 1. The molecule has 50 valence electrons. The molecule has 1 aliphatic carbocycles. The van der Waals surface area contributed by atoms with Crippen LogP contribution in [0.1, 0.15) is 26.2 Å². The van der Waals surface area contributed by atoms with E-state index in [9.17, 15) is 0 Å². The lowest BCUT2D eigenvalue weighted by Gasteiger charge is -2.17. The molecule has 1 aliphatic rings. The molecule has 0 bridgehead atoms. The summed E-state index contributed by atoms with van der Waals surface area (Å²) in [5, 5.41) is 0. The van der Waals surface area contributed by atoms with Crippen molar-refractivity contribution >= 4 is 0 Å². The van der Waals surface area contributed by atoms with Crippen LogP contribution in [0.3, 0.4) is 0 Å². The predicted molar refractivity (Wildman–Crippen MR) is 38.8 cm³/mol. The van der Waals surface area contributed by atoms with Crippen molar-refractivity contribution in [3.63, 3.8) is 0 Å². The summed E-state index contributed by atoms with van der Waals surface area (Å²) >= 11 is 0. The number of nitrogens with two attached hydrogens (primary N) is 1. The molecule has 1 unspecified atom stereocenters. The fraction of sp³-hybridized carbons (Fsp3) is 0.750. The van der Waals surface area contributed by atoms with Crippen molar-refractivity contribution in [2.24, 2.45) is 11.1 Å². The molecule has 0 aliphatic heterocycles. The third kappa shape index (κ3) is 1.46. The van der Waals surface area contributed by atoms with E-state index < -0.39 is 0 Å². The minimum absolute atomic E-state index is 0.259. The Labute approximate surface area is 56.6 Å². The average Bonchev–Trinajstić information content (AvgIpc) is 2.16. The van der Waals surface area contributed by atoms with Crippen LogP contribution in [0.2, 0.25) is 0 Å². The molecule has 0 heterocycles. The van der Waals surface area contributed by atoms with E-state index in [2.05, 4.69) is 18.8 Å². The van der Waals surface area contributed by atoms with Gasteiger partial charge < -0.3 is 5.73 Å². The Hall–Kier alpha value is -0.480. The highest BCUT2D eigenvalue weighted by atomic mass is 14.5. The summed E-state index contributed by atoms with van der Waals surface area (Å²) in [6.07, 6.45) is 3.31. The van der Waals surface area contributed by atoms with E-state index in [0.29, 0.717) is 0 Å². The lowest BCUT2D eigenvalue weighted by Crippen LogP contribution is -2.16. The monoisotopic (exact) mass is 123 g/mol. The van der Waals surface area contributed by atoms with E-state index in [1.54, 1.807) is 0 Å². The van der Waals surface area contributed by atoms with E-state index in [4.69, 9.17) is 5.73 Å². The molecular formula is C8H13N. The van der Waals surface area contributed by atoms with Gasteiger partial charge in [0.1, 0.15) is 0 Å². The average molecular weight is 123 g/mol. The van der Waals surface area contributed by atoms with E-state index in [-0.39, 0.29) is 5.41 Å². The van der Waals surface area contributed by atoms with Gasteiger partial charge in [-0.05, 0) is 26.3 Å². The minimum Gasteiger partial charge on any atom is -0.330 e. The molecule has 0 fully saturated rings.